The number of amides is 1. The molecule has 1 aliphatic heterocycles. The molecular formula is C31H31F6N3O2. The van der Waals surface area contributed by atoms with Crippen molar-refractivity contribution in [3.63, 3.8) is 0 Å². The molecule has 0 saturated carbocycles. The lowest BCUT2D eigenvalue weighted by atomic mass is 9.84. The number of carbonyl (C=O) groups is 1. The minimum absolute atomic E-state index is 0.00196. The van der Waals surface area contributed by atoms with E-state index < -0.39 is 29.2 Å². The molecule has 1 aliphatic carbocycles. The van der Waals surface area contributed by atoms with Crippen LogP contribution in [0.2, 0.25) is 0 Å². The Kier molecular flexibility index (Phi) is 8.15. The van der Waals surface area contributed by atoms with Crippen LogP contribution in [0.25, 0.3) is 0 Å². The highest BCUT2D eigenvalue weighted by molar-refractivity contribution is 5.94. The maximum atomic E-state index is 13.2. The van der Waals surface area contributed by atoms with Crippen LogP contribution in [0, 0.1) is 6.92 Å². The molecule has 42 heavy (non-hydrogen) atoms. The van der Waals surface area contributed by atoms with Gasteiger partial charge in [0.15, 0.2) is 0 Å². The Morgan fingerprint density at radius 2 is 1.45 bits per heavy atom. The highest BCUT2D eigenvalue weighted by Gasteiger charge is 2.37. The molecule has 1 heterocycles. The van der Waals surface area contributed by atoms with Crippen molar-refractivity contribution in [2.24, 2.45) is 0 Å². The number of piperazine rings is 1. The molecule has 1 atom stereocenters. The lowest BCUT2D eigenvalue weighted by Gasteiger charge is -2.37. The van der Waals surface area contributed by atoms with Gasteiger partial charge in [0.05, 0.1) is 11.1 Å². The van der Waals surface area contributed by atoms with E-state index in [0.717, 1.165) is 39.0 Å². The molecule has 11 heteroatoms. The first-order chi connectivity index (χ1) is 19.8. The van der Waals surface area contributed by atoms with Crippen molar-refractivity contribution in [3.05, 3.63) is 88.0 Å². The number of hydrogen-bond acceptors (Lipinski definition) is 4. The Morgan fingerprint density at radius 1 is 0.833 bits per heavy atom. The molecule has 0 spiro atoms. The molecule has 0 radical (unpaired) electrons. The second-order valence-electron chi connectivity index (χ2n) is 10.9. The van der Waals surface area contributed by atoms with Crippen molar-refractivity contribution < 1.29 is 35.9 Å². The maximum absolute atomic E-state index is 13.2. The largest absolute Gasteiger partial charge is 0.457 e. The summed E-state index contributed by atoms with van der Waals surface area (Å²) < 4.78 is 84.3. The lowest BCUT2D eigenvalue weighted by Crippen LogP contribution is -2.45. The third kappa shape index (κ3) is 6.67. The summed E-state index contributed by atoms with van der Waals surface area (Å²) in [6.07, 6.45) is -7.64. The Hall–Kier alpha value is -3.73. The zero-order valence-corrected chi connectivity index (χ0v) is 23.2. The van der Waals surface area contributed by atoms with Gasteiger partial charge >= 0.3 is 12.4 Å². The minimum Gasteiger partial charge on any atom is -0.457 e. The van der Waals surface area contributed by atoms with Crippen molar-refractivity contribution >= 4 is 11.6 Å². The molecule has 3 aromatic carbocycles. The van der Waals surface area contributed by atoms with E-state index in [1.54, 1.807) is 0 Å². The topological polar surface area (TPSA) is 44.8 Å². The highest BCUT2D eigenvalue weighted by atomic mass is 19.4. The molecule has 1 N–H and O–H groups in total. The molecule has 0 unspecified atom stereocenters. The molecule has 5 rings (SSSR count). The van der Waals surface area contributed by atoms with Crippen LogP contribution in [0.3, 0.4) is 0 Å². The molecule has 1 saturated heterocycles. The molecule has 0 aromatic heterocycles. The van der Waals surface area contributed by atoms with Crippen molar-refractivity contribution in [1.29, 1.82) is 0 Å². The van der Waals surface area contributed by atoms with Crippen LogP contribution in [0.15, 0.2) is 54.6 Å². The monoisotopic (exact) mass is 591 g/mol. The van der Waals surface area contributed by atoms with Crippen LogP contribution in [0.1, 0.15) is 44.6 Å². The van der Waals surface area contributed by atoms with E-state index in [-0.39, 0.29) is 23.8 Å². The number of fused-ring (bicyclic) bond motifs is 1. The molecule has 2 aliphatic rings. The summed E-state index contributed by atoms with van der Waals surface area (Å²) in [6.45, 7) is 5.96. The van der Waals surface area contributed by atoms with Crippen LogP contribution < -0.4 is 15.0 Å². The van der Waals surface area contributed by atoms with Gasteiger partial charge < -0.3 is 19.9 Å². The molecular weight excluding hydrogens is 560 g/mol. The zero-order chi connectivity index (χ0) is 30.2. The average molecular weight is 592 g/mol. The molecule has 0 bridgehead atoms. The quantitative estimate of drug-likeness (QED) is 0.329. The second-order valence-corrected chi connectivity index (χ2v) is 10.9. The number of ether oxygens (including phenoxy) is 1. The van der Waals surface area contributed by atoms with Gasteiger partial charge in [-0.05, 0) is 98.5 Å². The van der Waals surface area contributed by atoms with Crippen LogP contribution in [-0.4, -0.2) is 50.1 Å². The van der Waals surface area contributed by atoms with Gasteiger partial charge in [0.1, 0.15) is 11.5 Å². The summed E-state index contributed by atoms with van der Waals surface area (Å²) >= 11 is 0. The van der Waals surface area contributed by atoms with Gasteiger partial charge in [-0.25, -0.2) is 0 Å². The number of benzene rings is 3. The fraction of sp³-hybridized carbons (Fsp3) is 0.387. The fourth-order valence-electron chi connectivity index (χ4n) is 5.57. The van der Waals surface area contributed by atoms with Crippen LogP contribution in [0.5, 0.6) is 11.5 Å². The first-order valence-corrected chi connectivity index (χ1v) is 13.7. The number of carbonyl (C=O) groups excluding carboxylic acids is 1. The predicted molar refractivity (Wildman–Crippen MR) is 147 cm³/mol. The van der Waals surface area contributed by atoms with Gasteiger partial charge in [-0.15, -0.1) is 0 Å². The van der Waals surface area contributed by atoms with Gasteiger partial charge in [0.25, 0.3) is 5.91 Å². The van der Waals surface area contributed by atoms with Gasteiger partial charge in [-0.3, -0.25) is 4.79 Å². The average Bonchev–Trinajstić information content (AvgIpc) is 2.93. The fourth-order valence-corrected chi connectivity index (χ4v) is 5.57. The number of alkyl halides is 6. The Balaban J connectivity index is 1.27. The van der Waals surface area contributed by atoms with Gasteiger partial charge in [-0.2, -0.15) is 26.3 Å². The van der Waals surface area contributed by atoms with Crippen LogP contribution in [0.4, 0.5) is 32.0 Å². The molecule has 5 nitrogen and oxygen atoms in total. The summed E-state index contributed by atoms with van der Waals surface area (Å²) in [5.74, 6) is -0.929. The summed E-state index contributed by atoms with van der Waals surface area (Å²) in [5.41, 5.74) is 2.42. The van der Waals surface area contributed by atoms with Gasteiger partial charge in [0.2, 0.25) is 0 Å². The first-order valence-electron chi connectivity index (χ1n) is 13.7. The maximum Gasteiger partial charge on any atom is 0.416 e. The van der Waals surface area contributed by atoms with Crippen molar-refractivity contribution in [1.82, 2.24) is 10.2 Å². The summed E-state index contributed by atoms with van der Waals surface area (Å²) in [7, 11) is 2.11. The molecule has 1 fully saturated rings. The number of likely N-dealkylation sites (N-methyl/N-ethyl adjacent to an activating group) is 1. The van der Waals surface area contributed by atoms with E-state index in [2.05, 4.69) is 41.2 Å². The van der Waals surface area contributed by atoms with Crippen LogP contribution in [-0.2, 0) is 25.2 Å². The number of anilines is 1. The van der Waals surface area contributed by atoms with E-state index in [9.17, 15) is 31.1 Å². The minimum atomic E-state index is -4.98. The van der Waals surface area contributed by atoms with Crippen molar-refractivity contribution in [2.45, 2.75) is 44.6 Å². The van der Waals surface area contributed by atoms with Crippen molar-refractivity contribution in [2.75, 3.05) is 38.1 Å². The van der Waals surface area contributed by atoms with E-state index in [1.807, 2.05) is 0 Å². The summed E-state index contributed by atoms with van der Waals surface area (Å²) in [6, 6.07) is 10.9. The van der Waals surface area contributed by atoms with Crippen molar-refractivity contribution in [3.8, 4) is 11.5 Å². The highest BCUT2D eigenvalue weighted by Crippen LogP contribution is 2.39. The lowest BCUT2D eigenvalue weighted by molar-refractivity contribution is -0.143. The van der Waals surface area contributed by atoms with E-state index in [0.29, 0.717) is 24.1 Å². The number of hydrogen-bond donors (Lipinski definition) is 1. The second kappa shape index (κ2) is 11.5. The normalized spacial score (nSPS) is 18.0. The molecule has 1 amide bonds. The van der Waals surface area contributed by atoms with Crippen LogP contribution >= 0.6 is 0 Å². The smallest absolute Gasteiger partial charge is 0.416 e. The summed E-state index contributed by atoms with van der Waals surface area (Å²) in [5, 5.41) is 3.09. The van der Waals surface area contributed by atoms with Gasteiger partial charge in [-0.1, -0.05) is 6.07 Å². The molecule has 3 aromatic rings. The summed E-state index contributed by atoms with van der Waals surface area (Å²) in [4.78, 5) is 17.8. The van der Waals surface area contributed by atoms with E-state index >= 15 is 0 Å². The Bertz CT molecular complexity index is 1410. The van der Waals surface area contributed by atoms with E-state index in [4.69, 9.17) is 4.74 Å². The van der Waals surface area contributed by atoms with E-state index in [1.165, 1.54) is 46.6 Å². The number of halogens is 6. The third-order valence-electron chi connectivity index (χ3n) is 7.93. The number of rotatable bonds is 5. The Morgan fingerprint density at radius 3 is 2.05 bits per heavy atom. The predicted octanol–water partition coefficient (Wildman–Crippen LogP) is 6.86. The first kappa shape index (κ1) is 29.8. The SMILES string of the molecule is Cc1ccc(N2CCN(C)CC2)c2c1CC[C@H](NC(=O)c1ccc(Oc3cc(C(F)(F)F)cc(C(F)(F)F)c3)cc1)C2. The number of nitrogens with zero attached hydrogens (tertiary/aromatic N) is 2. The Labute approximate surface area is 240 Å². The molecule has 224 valence electrons. The third-order valence-corrected chi connectivity index (χ3v) is 7.93. The van der Waals surface area contributed by atoms with Gasteiger partial charge in [0, 0.05) is 43.5 Å². The standard InChI is InChI=1S/C31H31F6N3O2/c1-19-3-10-28(40-13-11-39(2)12-14-40)27-18-23(6-9-26(19)27)38-29(41)20-4-7-24(8-5-20)42-25-16-21(30(32,33)34)15-22(17-25)31(35,36)37/h3-5,7-8,10,15-17,23H,6,9,11-14,18H2,1-2H3,(H,38,41)/t23-/m0/s1. The zero-order valence-electron chi connectivity index (χ0n) is 23.2. The number of aryl methyl sites for hydroxylation is 1. The number of nitrogens with one attached hydrogen (secondary N) is 1.